The van der Waals surface area contributed by atoms with Crippen LogP contribution in [0.1, 0.15) is 51.4 Å². The number of nitrogen functional groups attached to an aromatic ring is 1. The zero-order chi connectivity index (χ0) is 14.0. The van der Waals surface area contributed by atoms with Gasteiger partial charge in [-0.3, -0.25) is 0 Å². The van der Waals surface area contributed by atoms with Gasteiger partial charge in [0, 0.05) is 25.1 Å². The van der Waals surface area contributed by atoms with Crippen LogP contribution in [-0.2, 0) is 6.42 Å². The second-order valence-corrected chi connectivity index (χ2v) is 6.37. The summed E-state index contributed by atoms with van der Waals surface area (Å²) in [5, 5.41) is 0. The first-order chi connectivity index (χ1) is 8.93. The average Bonchev–Trinajstić information content (AvgIpc) is 2.34. The molecule has 2 rings (SSSR count). The van der Waals surface area contributed by atoms with Gasteiger partial charge in [0.15, 0.2) is 0 Å². The maximum atomic E-state index is 6.03. The van der Waals surface area contributed by atoms with Crippen LogP contribution in [0, 0.1) is 12.3 Å². The molecular weight excluding hydrogens is 236 g/mol. The fraction of sp³-hybridized carbons (Fsp3) is 0.733. The Labute approximate surface area is 116 Å². The van der Waals surface area contributed by atoms with Gasteiger partial charge in [0.2, 0.25) is 0 Å². The van der Waals surface area contributed by atoms with Crippen LogP contribution < -0.4 is 10.6 Å². The molecule has 0 radical (unpaired) electrons. The lowest BCUT2D eigenvalue weighted by Crippen LogP contribution is -2.38. The summed E-state index contributed by atoms with van der Waals surface area (Å²) in [7, 11) is 0. The molecule has 1 aliphatic rings. The lowest BCUT2D eigenvalue weighted by atomic mass is 9.82. The number of hydrogen-bond acceptors (Lipinski definition) is 4. The molecular formula is C15H26N4. The Balaban J connectivity index is 2.24. The lowest BCUT2D eigenvalue weighted by molar-refractivity contribution is 0.279. The normalized spacial score (nSPS) is 18.6. The molecule has 0 saturated carbocycles. The quantitative estimate of drug-likeness (QED) is 0.910. The van der Waals surface area contributed by atoms with Crippen molar-refractivity contribution >= 4 is 11.6 Å². The van der Waals surface area contributed by atoms with E-state index in [9.17, 15) is 0 Å². The third kappa shape index (κ3) is 3.17. The Morgan fingerprint density at radius 1 is 1.21 bits per heavy atom. The Bertz CT molecular complexity index is 444. The van der Waals surface area contributed by atoms with E-state index in [0.717, 1.165) is 43.1 Å². The molecule has 1 aromatic heterocycles. The lowest BCUT2D eigenvalue weighted by Gasteiger charge is -2.38. The molecule has 2 N–H and O–H groups in total. The van der Waals surface area contributed by atoms with Crippen molar-refractivity contribution in [3.8, 4) is 0 Å². The largest absolute Gasteiger partial charge is 0.383 e. The van der Waals surface area contributed by atoms with Crippen molar-refractivity contribution < 1.29 is 0 Å². The highest BCUT2D eigenvalue weighted by molar-refractivity contribution is 5.56. The number of aryl methyl sites for hydroxylation is 1. The number of nitrogens with two attached hydrogens (primary N) is 1. The molecule has 0 aliphatic carbocycles. The van der Waals surface area contributed by atoms with Crippen LogP contribution >= 0.6 is 0 Å². The highest BCUT2D eigenvalue weighted by Gasteiger charge is 2.27. The number of rotatable bonds is 3. The van der Waals surface area contributed by atoms with Crippen LogP contribution in [-0.4, -0.2) is 23.1 Å². The van der Waals surface area contributed by atoms with Gasteiger partial charge < -0.3 is 10.6 Å². The maximum Gasteiger partial charge on any atom is 0.137 e. The minimum absolute atomic E-state index is 0.454. The molecule has 4 nitrogen and oxygen atoms in total. The van der Waals surface area contributed by atoms with Gasteiger partial charge in [-0.05, 0) is 31.6 Å². The fourth-order valence-electron chi connectivity index (χ4n) is 2.54. The highest BCUT2D eigenvalue weighted by Crippen LogP contribution is 2.33. The molecule has 1 aliphatic heterocycles. The molecule has 0 aromatic carbocycles. The Morgan fingerprint density at radius 2 is 1.84 bits per heavy atom. The second-order valence-electron chi connectivity index (χ2n) is 6.37. The van der Waals surface area contributed by atoms with Gasteiger partial charge in [-0.1, -0.05) is 20.8 Å². The van der Waals surface area contributed by atoms with Gasteiger partial charge in [0.1, 0.15) is 17.5 Å². The minimum Gasteiger partial charge on any atom is -0.383 e. The number of hydrogen-bond donors (Lipinski definition) is 1. The van der Waals surface area contributed by atoms with E-state index < -0.39 is 0 Å². The monoisotopic (exact) mass is 262 g/mol. The summed E-state index contributed by atoms with van der Waals surface area (Å²) in [6.07, 6.45) is 4.37. The third-order valence-electron chi connectivity index (χ3n) is 4.09. The van der Waals surface area contributed by atoms with E-state index in [1.807, 2.05) is 6.92 Å². The predicted octanol–water partition coefficient (Wildman–Crippen LogP) is 2.95. The van der Waals surface area contributed by atoms with Crippen molar-refractivity contribution in [3.05, 3.63) is 11.4 Å². The zero-order valence-electron chi connectivity index (χ0n) is 12.7. The first-order valence-electron chi connectivity index (χ1n) is 7.31. The van der Waals surface area contributed by atoms with E-state index in [-0.39, 0.29) is 0 Å². The van der Waals surface area contributed by atoms with Crippen molar-refractivity contribution in [1.29, 1.82) is 0 Å². The second kappa shape index (κ2) is 5.35. The summed E-state index contributed by atoms with van der Waals surface area (Å²) in [6, 6.07) is 0. The standard InChI is InChI=1S/C15H26N4/c1-5-6-12-17-13(16)11(2)14(18-12)19-9-7-15(3,4)8-10-19/h5-10H2,1-4H3,(H2,16,17,18). The van der Waals surface area contributed by atoms with E-state index in [0.29, 0.717) is 11.2 Å². The maximum absolute atomic E-state index is 6.03. The van der Waals surface area contributed by atoms with Gasteiger partial charge in [-0.2, -0.15) is 0 Å². The first kappa shape index (κ1) is 14.1. The minimum atomic E-state index is 0.454. The molecule has 0 bridgehead atoms. The summed E-state index contributed by atoms with van der Waals surface area (Å²) >= 11 is 0. The van der Waals surface area contributed by atoms with Crippen LogP contribution in [0.25, 0.3) is 0 Å². The average molecular weight is 262 g/mol. The summed E-state index contributed by atoms with van der Waals surface area (Å²) in [6.45, 7) is 11.0. The molecule has 19 heavy (non-hydrogen) atoms. The summed E-state index contributed by atoms with van der Waals surface area (Å²) in [5.41, 5.74) is 7.51. The van der Waals surface area contributed by atoms with Gasteiger partial charge in [-0.25, -0.2) is 9.97 Å². The van der Waals surface area contributed by atoms with Crippen LogP contribution in [0.15, 0.2) is 0 Å². The Morgan fingerprint density at radius 3 is 2.42 bits per heavy atom. The van der Waals surface area contributed by atoms with Crippen molar-refractivity contribution in [2.45, 2.75) is 53.4 Å². The SMILES string of the molecule is CCCc1nc(N)c(C)c(N2CCC(C)(C)CC2)n1. The topological polar surface area (TPSA) is 55.0 Å². The van der Waals surface area contributed by atoms with E-state index >= 15 is 0 Å². The van der Waals surface area contributed by atoms with Crippen LogP contribution in [0.4, 0.5) is 11.6 Å². The molecule has 0 atom stereocenters. The number of piperidine rings is 1. The number of aromatic nitrogens is 2. The molecule has 1 aromatic rings. The van der Waals surface area contributed by atoms with E-state index in [4.69, 9.17) is 10.7 Å². The molecule has 0 amide bonds. The fourth-order valence-corrected chi connectivity index (χ4v) is 2.54. The number of anilines is 2. The van der Waals surface area contributed by atoms with E-state index in [1.165, 1.54) is 12.8 Å². The smallest absolute Gasteiger partial charge is 0.137 e. The zero-order valence-corrected chi connectivity index (χ0v) is 12.7. The summed E-state index contributed by atoms with van der Waals surface area (Å²) in [5.74, 6) is 2.56. The van der Waals surface area contributed by atoms with Gasteiger partial charge in [0.05, 0.1) is 0 Å². The van der Waals surface area contributed by atoms with Crippen LogP contribution in [0.3, 0.4) is 0 Å². The molecule has 2 heterocycles. The van der Waals surface area contributed by atoms with Gasteiger partial charge in [-0.15, -0.1) is 0 Å². The van der Waals surface area contributed by atoms with Crippen LogP contribution in [0.5, 0.6) is 0 Å². The predicted molar refractivity (Wildman–Crippen MR) is 80.4 cm³/mol. The summed E-state index contributed by atoms with van der Waals surface area (Å²) in [4.78, 5) is 11.5. The Kier molecular flexibility index (Phi) is 3.97. The highest BCUT2D eigenvalue weighted by atomic mass is 15.2. The van der Waals surface area contributed by atoms with E-state index in [1.54, 1.807) is 0 Å². The molecule has 0 spiro atoms. The van der Waals surface area contributed by atoms with Crippen molar-refractivity contribution in [2.24, 2.45) is 5.41 Å². The van der Waals surface area contributed by atoms with Crippen molar-refractivity contribution in [2.75, 3.05) is 23.7 Å². The first-order valence-corrected chi connectivity index (χ1v) is 7.31. The summed E-state index contributed by atoms with van der Waals surface area (Å²) < 4.78 is 0. The molecule has 106 valence electrons. The van der Waals surface area contributed by atoms with E-state index in [2.05, 4.69) is 30.7 Å². The van der Waals surface area contributed by atoms with Gasteiger partial charge >= 0.3 is 0 Å². The molecule has 4 heteroatoms. The van der Waals surface area contributed by atoms with Crippen molar-refractivity contribution in [3.63, 3.8) is 0 Å². The van der Waals surface area contributed by atoms with Crippen molar-refractivity contribution in [1.82, 2.24) is 9.97 Å². The number of nitrogens with zero attached hydrogens (tertiary/aromatic N) is 3. The van der Waals surface area contributed by atoms with Gasteiger partial charge in [0.25, 0.3) is 0 Å². The third-order valence-corrected chi connectivity index (χ3v) is 4.09. The molecule has 1 saturated heterocycles. The molecule has 1 fully saturated rings. The molecule has 0 unspecified atom stereocenters. The Hall–Kier alpha value is -1.32. The van der Waals surface area contributed by atoms with Crippen LogP contribution in [0.2, 0.25) is 0 Å².